The number of hydrazone groups is 1. The molecule has 1 N–H and O–H groups in total. The van der Waals surface area contributed by atoms with E-state index in [9.17, 15) is 18.0 Å². The van der Waals surface area contributed by atoms with Crippen LogP contribution in [0.1, 0.15) is 30.0 Å². The van der Waals surface area contributed by atoms with E-state index in [0.29, 0.717) is 12.1 Å². The van der Waals surface area contributed by atoms with Crippen molar-refractivity contribution in [3.63, 3.8) is 0 Å². The summed E-state index contributed by atoms with van der Waals surface area (Å²) in [5, 5.41) is 12.0. The van der Waals surface area contributed by atoms with Gasteiger partial charge in [-0.2, -0.15) is 28.5 Å². The molecule has 2 aromatic rings. The SMILES string of the molecule is CC1CC(=O)NN=C1c1ccc(N=NCc2ccccc2C(F)(F)F)cc1. The fourth-order valence-electron chi connectivity index (χ4n) is 2.83. The second-order valence-electron chi connectivity index (χ2n) is 6.24. The van der Waals surface area contributed by atoms with Crippen LogP contribution in [0.3, 0.4) is 0 Å². The van der Waals surface area contributed by atoms with Crippen molar-refractivity contribution in [2.45, 2.75) is 26.1 Å². The second-order valence-corrected chi connectivity index (χ2v) is 6.24. The fourth-order valence-corrected chi connectivity index (χ4v) is 2.83. The zero-order valence-electron chi connectivity index (χ0n) is 14.5. The number of halogens is 3. The van der Waals surface area contributed by atoms with E-state index in [0.717, 1.165) is 17.3 Å². The van der Waals surface area contributed by atoms with Crippen LogP contribution in [-0.2, 0) is 17.5 Å². The van der Waals surface area contributed by atoms with Crippen LogP contribution < -0.4 is 5.43 Å². The zero-order chi connectivity index (χ0) is 19.4. The summed E-state index contributed by atoms with van der Waals surface area (Å²) in [6, 6.07) is 12.3. The molecule has 0 saturated carbocycles. The number of nitrogens with one attached hydrogen (secondary N) is 1. The number of nitrogens with zero attached hydrogens (tertiary/aromatic N) is 3. The summed E-state index contributed by atoms with van der Waals surface area (Å²) in [5.41, 5.74) is 3.98. The fraction of sp³-hybridized carbons (Fsp3) is 0.263. The number of hydrogen-bond acceptors (Lipinski definition) is 4. The highest BCUT2D eigenvalue weighted by atomic mass is 19.4. The number of azo groups is 1. The lowest BCUT2D eigenvalue weighted by atomic mass is 9.94. The van der Waals surface area contributed by atoms with Crippen molar-refractivity contribution in [1.82, 2.24) is 5.43 Å². The van der Waals surface area contributed by atoms with E-state index in [1.807, 2.05) is 6.92 Å². The lowest BCUT2D eigenvalue weighted by Gasteiger charge is -2.19. The maximum atomic E-state index is 13.0. The van der Waals surface area contributed by atoms with E-state index in [2.05, 4.69) is 20.8 Å². The van der Waals surface area contributed by atoms with E-state index < -0.39 is 11.7 Å². The summed E-state index contributed by atoms with van der Waals surface area (Å²) < 4.78 is 38.9. The van der Waals surface area contributed by atoms with Crippen molar-refractivity contribution >= 4 is 17.3 Å². The summed E-state index contributed by atoms with van der Waals surface area (Å²) in [5.74, 6) is -0.110. The molecule has 1 heterocycles. The zero-order valence-corrected chi connectivity index (χ0v) is 14.5. The molecule has 140 valence electrons. The summed E-state index contributed by atoms with van der Waals surface area (Å²) >= 11 is 0. The number of rotatable bonds is 4. The molecule has 0 aliphatic carbocycles. The minimum absolute atomic E-state index is 0.00472. The molecular weight excluding hydrogens is 357 g/mol. The minimum atomic E-state index is -4.42. The number of alkyl halides is 3. The van der Waals surface area contributed by atoms with Crippen molar-refractivity contribution in [2.24, 2.45) is 21.2 Å². The molecule has 3 rings (SSSR count). The number of benzene rings is 2. The van der Waals surface area contributed by atoms with E-state index in [-0.39, 0.29) is 23.9 Å². The van der Waals surface area contributed by atoms with Crippen LogP contribution in [0.15, 0.2) is 63.9 Å². The first-order chi connectivity index (χ1) is 12.8. The first kappa shape index (κ1) is 18.8. The Morgan fingerprint density at radius 3 is 2.52 bits per heavy atom. The molecular formula is C19H17F3N4O. The Morgan fingerprint density at radius 1 is 1.15 bits per heavy atom. The molecule has 1 unspecified atom stereocenters. The van der Waals surface area contributed by atoms with Crippen LogP contribution >= 0.6 is 0 Å². The molecule has 8 heteroatoms. The molecule has 1 atom stereocenters. The number of amides is 1. The van der Waals surface area contributed by atoms with Gasteiger partial charge in [-0.15, -0.1) is 0 Å². The van der Waals surface area contributed by atoms with Crippen LogP contribution in [0.4, 0.5) is 18.9 Å². The third-order valence-corrected chi connectivity index (χ3v) is 4.17. The van der Waals surface area contributed by atoms with Gasteiger partial charge in [-0.25, -0.2) is 5.43 Å². The standard InChI is InChI=1S/C19H17F3N4O/c1-12-10-17(27)25-26-18(12)13-6-8-15(9-7-13)24-23-11-14-4-2-3-5-16(14)19(20,21)22/h2-9,12H,10-11H2,1H3,(H,25,27). The topological polar surface area (TPSA) is 66.2 Å². The summed E-state index contributed by atoms with van der Waals surface area (Å²) in [4.78, 5) is 11.3. The van der Waals surface area contributed by atoms with Gasteiger partial charge in [-0.3, -0.25) is 4.79 Å². The molecule has 5 nitrogen and oxygen atoms in total. The van der Waals surface area contributed by atoms with Gasteiger partial charge in [-0.1, -0.05) is 37.3 Å². The Balaban J connectivity index is 1.70. The highest BCUT2D eigenvalue weighted by molar-refractivity contribution is 6.05. The molecule has 0 fully saturated rings. The molecule has 1 aliphatic heterocycles. The Morgan fingerprint density at radius 2 is 1.85 bits per heavy atom. The van der Waals surface area contributed by atoms with E-state index in [1.165, 1.54) is 12.1 Å². The average molecular weight is 374 g/mol. The third-order valence-electron chi connectivity index (χ3n) is 4.17. The molecule has 0 radical (unpaired) electrons. The van der Waals surface area contributed by atoms with Gasteiger partial charge in [0.15, 0.2) is 0 Å². The van der Waals surface area contributed by atoms with Gasteiger partial charge in [0.1, 0.15) is 0 Å². The Bertz CT molecular complexity index is 889. The van der Waals surface area contributed by atoms with Crippen LogP contribution in [0.25, 0.3) is 0 Å². The Labute approximate surface area is 154 Å². The predicted octanol–water partition coefficient (Wildman–Crippen LogP) is 4.85. The predicted molar refractivity (Wildman–Crippen MR) is 94.6 cm³/mol. The Hall–Kier alpha value is -3.03. The van der Waals surface area contributed by atoms with Crippen molar-refractivity contribution in [1.29, 1.82) is 0 Å². The van der Waals surface area contributed by atoms with E-state index in [1.54, 1.807) is 30.3 Å². The molecule has 1 aliphatic rings. The molecule has 0 aromatic heterocycles. The smallest absolute Gasteiger partial charge is 0.273 e. The maximum Gasteiger partial charge on any atom is 0.416 e. The highest BCUT2D eigenvalue weighted by Gasteiger charge is 2.32. The van der Waals surface area contributed by atoms with Gasteiger partial charge in [0.2, 0.25) is 5.91 Å². The summed E-state index contributed by atoms with van der Waals surface area (Å²) in [6.45, 7) is 1.76. The molecule has 2 aromatic carbocycles. The quantitative estimate of drug-likeness (QED) is 0.764. The largest absolute Gasteiger partial charge is 0.416 e. The van der Waals surface area contributed by atoms with Crippen molar-refractivity contribution in [3.05, 3.63) is 65.2 Å². The van der Waals surface area contributed by atoms with Crippen molar-refractivity contribution < 1.29 is 18.0 Å². The number of hydrogen-bond donors (Lipinski definition) is 1. The second kappa shape index (κ2) is 7.69. The van der Waals surface area contributed by atoms with Gasteiger partial charge >= 0.3 is 6.18 Å². The van der Waals surface area contributed by atoms with Crippen LogP contribution in [0, 0.1) is 5.92 Å². The first-order valence-electron chi connectivity index (χ1n) is 8.34. The minimum Gasteiger partial charge on any atom is -0.273 e. The Kier molecular flexibility index (Phi) is 5.34. The summed E-state index contributed by atoms with van der Waals surface area (Å²) in [7, 11) is 0. The summed E-state index contributed by atoms with van der Waals surface area (Å²) in [6.07, 6.45) is -4.04. The first-order valence-corrected chi connectivity index (χ1v) is 8.34. The highest BCUT2D eigenvalue weighted by Crippen LogP contribution is 2.32. The molecule has 0 bridgehead atoms. The monoisotopic (exact) mass is 374 g/mol. The lowest BCUT2D eigenvalue weighted by Crippen LogP contribution is -2.31. The van der Waals surface area contributed by atoms with Crippen LogP contribution in [0.5, 0.6) is 0 Å². The van der Waals surface area contributed by atoms with Crippen molar-refractivity contribution in [2.75, 3.05) is 0 Å². The molecule has 0 saturated heterocycles. The van der Waals surface area contributed by atoms with Gasteiger partial charge in [-0.05, 0) is 29.3 Å². The van der Waals surface area contributed by atoms with Gasteiger partial charge in [0.05, 0.1) is 23.5 Å². The van der Waals surface area contributed by atoms with Gasteiger partial charge in [0.25, 0.3) is 0 Å². The van der Waals surface area contributed by atoms with Crippen LogP contribution in [0.2, 0.25) is 0 Å². The maximum absolute atomic E-state index is 13.0. The van der Waals surface area contributed by atoms with Crippen molar-refractivity contribution in [3.8, 4) is 0 Å². The van der Waals surface area contributed by atoms with Gasteiger partial charge in [0, 0.05) is 12.3 Å². The average Bonchev–Trinajstić information content (AvgIpc) is 2.62. The van der Waals surface area contributed by atoms with E-state index >= 15 is 0 Å². The molecule has 0 spiro atoms. The molecule has 27 heavy (non-hydrogen) atoms. The molecule has 1 amide bonds. The lowest BCUT2D eigenvalue weighted by molar-refractivity contribution is -0.138. The third kappa shape index (κ3) is 4.58. The normalized spacial score (nSPS) is 17.7. The number of carbonyl (C=O) groups is 1. The van der Waals surface area contributed by atoms with Crippen LogP contribution in [-0.4, -0.2) is 11.6 Å². The van der Waals surface area contributed by atoms with E-state index in [4.69, 9.17) is 0 Å². The van der Waals surface area contributed by atoms with Gasteiger partial charge < -0.3 is 0 Å². The number of carbonyl (C=O) groups excluding carboxylic acids is 1.